The van der Waals surface area contributed by atoms with Gasteiger partial charge in [0.25, 0.3) is 0 Å². The van der Waals surface area contributed by atoms with Gasteiger partial charge in [-0.25, -0.2) is 0 Å². The van der Waals surface area contributed by atoms with Crippen molar-refractivity contribution < 1.29 is 13.9 Å². The first-order valence-electron chi connectivity index (χ1n) is 7.86. The largest absolute Gasteiger partial charge is 0.497 e. The van der Waals surface area contributed by atoms with Crippen molar-refractivity contribution in [2.45, 2.75) is 32.1 Å². The minimum Gasteiger partial charge on any atom is -0.497 e. The molecule has 0 N–H and O–H groups in total. The predicted octanol–water partition coefficient (Wildman–Crippen LogP) is 2.34. The van der Waals surface area contributed by atoms with Crippen molar-refractivity contribution >= 4 is 5.91 Å². The second-order valence-electron chi connectivity index (χ2n) is 5.84. The fourth-order valence-electron chi connectivity index (χ4n) is 2.88. The van der Waals surface area contributed by atoms with Crippen LogP contribution in [0, 0.1) is 6.92 Å². The van der Waals surface area contributed by atoms with Crippen LogP contribution in [0.1, 0.15) is 36.1 Å². The summed E-state index contributed by atoms with van der Waals surface area (Å²) in [5.74, 6) is 2.52. The summed E-state index contributed by atoms with van der Waals surface area (Å²) in [6, 6.07) is 7.63. The number of piperidine rings is 1. The van der Waals surface area contributed by atoms with Crippen LogP contribution in [-0.4, -0.2) is 41.2 Å². The summed E-state index contributed by atoms with van der Waals surface area (Å²) < 4.78 is 10.6. The average Bonchev–Trinajstić information content (AvgIpc) is 3.02. The van der Waals surface area contributed by atoms with E-state index in [0.717, 1.165) is 37.2 Å². The van der Waals surface area contributed by atoms with Gasteiger partial charge in [-0.3, -0.25) is 4.79 Å². The normalized spacial score (nSPS) is 15.7. The fourth-order valence-corrected chi connectivity index (χ4v) is 2.88. The molecule has 1 aliphatic heterocycles. The second kappa shape index (κ2) is 6.81. The van der Waals surface area contributed by atoms with E-state index in [4.69, 9.17) is 9.15 Å². The molecule has 1 aromatic heterocycles. The van der Waals surface area contributed by atoms with Crippen molar-refractivity contribution in [2.75, 3.05) is 20.2 Å². The molecule has 0 bridgehead atoms. The third-order valence-electron chi connectivity index (χ3n) is 4.25. The van der Waals surface area contributed by atoms with Crippen molar-refractivity contribution in [3.05, 3.63) is 41.6 Å². The highest BCUT2D eigenvalue weighted by Gasteiger charge is 2.26. The zero-order valence-electron chi connectivity index (χ0n) is 13.5. The van der Waals surface area contributed by atoms with E-state index in [-0.39, 0.29) is 11.8 Å². The Labute approximate surface area is 135 Å². The number of benzene rings is 1. The summed E-state index contributed by atoms with van der Waals surface area (Å²) in [7, 11) is 1.63. The Morgan fingerprint density at radius 1 is 1.26 bits per heavy atom. The monoisotopic (exact) mass is 315 g/mol. The smallest absolute Gasteiger partial charge is 0.226 e. The topological polar surface area (TPSA) is 68.5 Å². The highest BCUT2D eigenvalue weighted by molar-refractivity contribution is 5.78. The summed E-state index contributed by atoms with van der Waals surface area (Å²) in [4.78, 5) is 14.3. The fraction of sp³-hybridized carbons (Fsp3) is 0.471. The van der Waals surface area contributed by atoms with Crippen molar-refractivity contribution in [1.82, 2.24) is 15.1 Å². The van der Waals surface area contributed by atoms with E-state index in [9.17, 15) is 4.79 Å². The van der Waals surface area contributed by atoms with Gasteiger partial charge in [-0.15, -0.1) is 10.2 Å². The molecule has 0 aliphatic carbocycles. The zero-order valence-corrected chi connectivity index (χ0v) is 13.5. The minimum absolute atomic E-state index is 0.162. The van der Waals surface area contributed by atoms with Crippen LogP contribution in [0.2, 0.25) is 0 Å². The average molecular weight is 315 g/mol. The van der Waals surface area contributed by atoms with Gasteiger partial charge in [0.2, 0.25) is 17.7 Å². The molecule has 0 unspecified atom stereocenters. The number of amides is 1. The Balaban J connectivity index is 1.53. The number of aromatic nitrogens is 2. The second-order valence-corrected chi connectivity index (χ2v) is 5.84. The molecule has 0 spiro atoms. The number of methoxy groups -OCH3 is 1. The molecule has 2 aromatic rings. The molecule has 1 aliphatic rings. The van der Waals surface area contributed by atoms with E-state index in [1.807, 2.05) is 29.2 Å². The number of nitrogens with zero attached hydrogens (tertiary/aromatic N) is 3. The third-order valence-corrected chi connectivity index (χ3v) is 4.25. The lowest BCUT2D eigenvalue weighted by Crippen LogP contribution is -2.38. The summed E-state index contributed by atoms with van der Waals surface area (Å²) in [5, 5.41) is 7.97. The van der Waals surface area contributed by atoms with Gasteiger partial charge < -0.3 is 14.1 Å². The van der Waals surface area contributed by atoms with Gasteiger partial charge >= 0.3 is 0 Å². The van der Waals surface area contributed by atoms with Gasteiger partial charge in [0.15, 0.2) is 0 Å². The van der Waals surface area contributed by atoms with Crippen molar-refractivity contribution in [1.29, 1.82) is 0 Å². The predicted molar refractivity (Wildman–Crippen MR) is 84.3 cm³/mol. The molecule has 1 fully saturated rings. The lowest BCUT2D eigenvalue weighted by Gasteiger charge is -2.30. The summed E-state index contributed by atoms with van der Waals surface area (Å²) in [6.07, 6.45) is 2.17. The summed E-state index contributed by atoms with van der Waals surface area (Å²) in [5.41, 5.74) is 1.01. The van der Waals surface area contributed by atoms with Gasteiger partial charge in [0.1, 0.15) is 5.75 Å². The van der Waals surface area contributed by atoms with Gasteiger partial charge in [0.05, 0.1) is 13.5 Å². The summed E-state index contributed by atoms with van der Waals surface area (Å²) >= 11 is 0. The number of aryl methyl sites for hydroxylation is 1. The lowest BCUT2D eigenvalue weighted by atomic mass is 9.96. The van der Waals surface area contributed by atoms with E-state index in [0.29, 0.717) is 18.2 Å². The highest BCUT2D eigenvalue weighted by Crippen LogP contribution is 2.27. The Kier molecular flexibility index (Phi) is 4.60. The maximum absolute atomic E-state index is 12.4. The Morgan fingerprint density at radius 2 is 1.96 bits per heavy atom. The number of rotatable bonds is 4. The molecule has 0 radical (unpaired) electrons. The minimum atomic E-state index is 0.162. The van der Waals surface area contributed by atoms with E-state index in [1.165, 1.54) is 0 Å². The molecule has 0 atom stereocenters. The van der Waals surface area contributed by atoms with Crippen LogP contribution in [0.5, 0.6) is 5.75 Å². The van der Waals surface area contributed by atoms with E-state index >= 15 is 0 Å². The van der Waals surface area contributed by atoms with Gasteiger partial charge in [-0.1, -0.05) is 12.1 Å². The molecule has 1 saturated heterocycles. The molecule has 0 saturated carbocycles. The number of hydrogen-bond donors (Lipinski definition) is 0. The molecular weight excluding hydrogens is 294 g/mol. The van der Waals surface area contributed by atoms with Gasteiger partial charge in [-0.05, 0) is 30.5 Å². The van der Waals surface area contributed by atoms with Gasteiger partial charge in [0, 0.05) is 25.9 Å². The lowest BCUT2D eigenvalue weighted by molar-refractivity contribution is -0.131. The van der Waals surface area contributed by atoms with Crippen LogP contribution in [0.3, 0.4) is 0 Å². The van der Waals surface area contributed by atoms with Crippen LogP contribution in [0.4, 0.5) is 0 Å². The molecule has 1 aromatic carbocycles. The molecule has 23 heavy (non-hydrogen) atoms. The van der Waals surface area contributed by atoms with Crippen LogP contribution >= 0.6 is 0 Å². The summed E-state index contributed by atoms with van der Waals surface area (Å²) in [6.45, 7) is 3.27. The highest BCUT2D eigenvalue weighted by atomic mass is 16.5. The first kappa shape index (κ1) is 15.5. The maximum atomic E-state index is 12.4. The number of carbonyl (C=O) groups excluding carboxylic acids is 1. The zero-order chi connectivity index (χ0) is 16.2. The molecule has 1 amide bonds. The van der Waals surface area contributed by atoms with Gasteiger partial charge in [-0.2, -0.15) is 0 Å². The number of likely N-dealkylation sites (tertiary alicyclic amines) is 1. The van der Waals surface area contributed by atoms with Crippen LogP contribution < -0.4 is 4.74 Å². The Morgan fingerprint density at radius 3 is 2.52 bits per heavy atom. The first-order chi connectivity index (χ1) is 11.2. The first-order valence-corrected chi connectivity index (χ1v) is 7.86. The van der Waals surface area contributed by atoms with Crippen LogP contribution in [0.15, 0.2) is 28.7 Å². The van der Waals surface area contributed by atoms with Crippen molar-refractivity contribution in [3.8, 4) is 5.75 Å². The van der Waals surface area contributed by atoms with Crippen LogP contribution in [0.25, 0.3) is 0 Å². The van der Waals surface area contributed by atoms with E-state index in [2.05, 4.69) is 10.2 Å². The Bertz CT molecular complexity index is 658. The molecular formula is C17H21N3O3. The molecule has 122 valence electrons. The van der Waals surface area contributed by atoms with E-state index < -0.39 is 0 Å². The quantitative estimate of drug-likeness (QED) is 0.866. The standard InChI is InChI=1S/C17H21N3O3/c1-12-18-19-17(23-12)14-7-9-20(10-8-14)16(21)11-13-3-5-15(22-2)6-4-13/h3-6,14H,7-11H2,1-2H3. The number of carbonyl (C=O) groups is 1. The van der Waals surface area contributed by atoms with Crippen LogP contribution in [-0.2, 0) is 11.2 Å². The molecule has 6 heteroatoms. The number of ether oxygens (including phenoxy) is 1. The molecule has 2 heterocycles. The Hall–Kier alpha value is -2.37. The number of hydrogen-bond acceptors (Lipinski definition) is 5. The van der Waals surface area contributed by atoms with Crippen molar-refractivity contribution in [2.24, 2.45) is 0 Å². The molecule has 6 nitrogen and oxygen atoms in total. The van der Waals surface area contributed by atoms with Crippen molar-refractivity contribution in [3.63, 3.8) is 0 Å². The maximum Gasteiger partial charge on any atom is 0.226 e. The van der Waals surface area contributed by atoms with E-state index in [1.54, 1.807) is 14.0 Å². The SMILES string of the molecule is COc1ccc(CC(=O)N2CCC(c3nnc(C)o3)CC2)cc1. The molecule has 3 rings (SSSR count). The third kappa shape index (κ3) is 3.70.